The fourth-order valence-corrected chi connectivity index (χ4v) is 6.96. The fraction of sp³-hybridized carbons (Fsp3) is 0.357. The van der Waals surface area contributed by atoms with Crippen LogP contribution in [0.3, 0.4) is 0 Å². The molecule has 1 amide bonds. The summed E-state index contributed by atoms with van der Waals surface area (Å²) in [4.78, 5) is 15.3. The minimum absolute atomic E-state index is 0.00284. The van der Waals surface area contributed by atoms with E-state index in [1.807, 2.05) is 67.3 Å². The number of hydrogen-bond donors (Lipinski definition) is 0. The van der Waals surface area contributed by atoms with Gasteiger partial charge in [0.05, 0.1) is 5.92 Å². The molecule has 2 aliphatic heterocycles. The van der Waals surface area contributed by atoms with Crippen LogP contribution in [-0.2, 0) is 21.2 Å². The van der Waals surface area contributed by atoms with Gasteiger partial charge in [-0.15, -0.1) is 0 Å². The maximum absolute atomic E-state index is 13.8. The Bertz CT molecular complexity index is 1440. The molecular formula is C28H31N3O4S. The molecule has 7 nitrogen and oxygen atoms in total. The molecule has 3 aromatic rings. The second kappa shape index (κ2) is 9.67. The van der Waals surface area contributed by atoms with Crippen LogP contribution >= 0.6 is 0 Å². The first-order valence-electron chi connectivity index (χ1n) is 12.4. The van der Waals surface area contributed by atoms with E-state index in [4.69, 9.17) is 4.52 Å². The topological polar surface area (TPSA) is 83.7 Å². The first-order valence-corrected chi connectivity index (χ1v) is 13.8. The number of piperidine rings is 1. The van der Waals surface area contributed by atoms with Crippen LogP contribution in [0, 0.1) is 26.7 Å². The summed E-state index contributed by atoms with van der Waals surface area (Å²) >= 11 is 0. The molecule has 3 heterocycles. The molecule has 2 aromatic carbocycles. The van der Waals surface area contributed by atoms with Crippen LogP contribution in [0.4, 0.5) is 5.69 Å². The Balaban J connectivity index is 1.39. The zero-order valence-corrected chi connectivity index (χ0v) is 21.7. The van der Waals surface area contributed by atoms with Gasteiger partial charge in [0, 0.05) is 25.3 Å². The third kappa shape index (κ3) is 4.51. The largest absolute Gasteiger partial charge is 0.355 e. The van der Waals surface area contributed by atoms with Crippen LogP contribution in [0.25, 0.3) is 12.2 Å². The summed E-state index contributed by atoms with van der Waals surface area (Å²) in [6.45, 7) is 6.82. The van der Waals surface area contributed by atoms with Crippen molar-refractivity contribution < 1.29 is 17.7 Å². The lowest BCUT2D eigenvalue weighted by Crippen LogP contribution is -2.46. The highest BCUT2D eigenvalue weighted by atomic mass is 32.2. The summed E-state index contributed by atoms with van der Waals surface area (Å²) in [6, 6.07) is 14.0. The Morgan fingerprint density at radius 3 is 2.72 bits per heavy atom. The fourth-order valence-electron chi connectivity index (χ4n) is 5.18. The monoisotopic (exact) mass is 505 g/mol. The molecule has 36 heavy (non-hydrogen) atoms. The number of aromatic nitrogens is 1. The first-order chi connectivity index (χ1) is 17.3. The maximum Gasteiger partial charge on any atom is 0.248 e. The van der Waals surface area contributed by atoms with Gasteiger partial charge in [0.1, 0.15) is 5.69 Å². The predicted octanol–water partition coefficient (Wildman–Crippen LogP) is 4.76. The van der Waals surface area contributed by atoms with Gasteiger partial charge < -0.3 is 9.42 Å². The number of rotatable bonds is 5. The summed E-state index contributed by atoms with van der Waals surface area (Å²) < 4.78 is 34.4. The van der Waals surface area contributed by atoms with E-state index in [0.29, 0.717) is 31.6 Å². The maximum atomic E-state index is 13.8. The molecule has 0 aliphatic carbocycles. The average molecular weight is 506 g/mol. The van der Waals surface area contributed by atoms with Gasteiger partial charge >= 0.3 is 0 Å². The molecule has 0 saturated carbocycles. The van der Waals surface area contributed by atoms with Gasteiger partial charge in [0.2, 0.25) is 15.9 Å². The van der Waals surface area contributed by atoms with Crippen molar-refractivity contribution in [1.29, 1.82) is 0 Å². The molecule has 0 bridgehead atoms. The van der Waals surface area contributed by atoms with Gasteiger partial charge in [-0.2, -0.15) is 4.31 Å². The molecule has 1 unspecified atom stereocenters. The van der Waals surface area contributed by atoms with Crippen molar-refractivity contribution in [3.8, 4) is 0 Å². The predicted molar refractivity (Wildman–Crippen MR) is 140 cm³/mol. The van der Waals surface area contributed by atoms with Gasteiger partial charge in [-0.05, 0) is 68.9 Å². The van der Waals surface area contributed by atoms with Gasteiger partial charge in [-0.3, -0.25) is 4.79 Å². The summed E-state index contributed by atoms with van der Waals surface area (Å²) in [5.74, 6) is -0.180. The smallest absolute Gasteiger partial charge is 0.248 e. The molecule has 1 aromatic heterocycles. The standard InChI is InChI=1S/C28H31N3O4S/c1-19-10-11-20(2)23(17-19)12-13-26-27(21(3)29-35-26)36(33,34)30-15-6-8-24(18-30)28(32)31-16-14-22-7-4-5-9-25(22)31/h4-5,7,9-13,17,24H,6,8,14-16,18H2,1-3H3. The highest BCUT2D eigenvalue weighted by molar-refractivity contribution is 7.89. The third-order valence-corrected chi connectivity index (χ3v) is 9.19. The zero-order chi connectivity index (χ0) is 25.4. The lowest BCUT2D eigenvalue weighted by atomic mass is 9.98. The van der Waals surface area contributed by atoms with Gasteiger partial charge in [-0.25, -0.2) is 8.42 Å². The number of sulfonamides is 1. The number of carbonyl (C=O) groups excluding carboxylic acids is 1. The van der Waals surface area contributed by atoms with Gasteiger partial charge in [0.15, 0.2) is 10.7 Å². The number of para-hydroxylation sites is 1. The number of amides is 1. The Morgan fingerprint density at radius 2 is 1.89 bits per heavy atom. The highest BCUT2D eigenvalue weighted by Gasteiger charge is 2.39. The Morgan fingerprint density at radius 1 is 1.08 bits per heavy atom. The van der Waals surface area contributed by atoms with E-state index in [9.17, 15) is 13.2 Å². The molecule has 1 atom stereocenters. The van der Waals surface area contributed by atoms with E-state index < -0.39 is 10.0 Å². The van der Waals surface area contributed by atoms with Crippen LogP contribution in [0.2, 0.25) is 0 Å². The highest BCUT2D eigenvalue weighted by Crippen LogP contribution is 2.33. The summed E-state index contributed by atoms with van der Waals surface area (Å²) in [5.41, 5.74) is 5.60. The second-order valence-electron chi connectivity index (χ2n) is 9.73. The molecule has 0 spiro atoms. The third-order valence-electron chi connectivity index (χ3n) is 7.17. The molecule has 8 heteroatoms. The van der Waals surface area contributed by atoms with Crippen molar-refractivity contribution in [2.75, 3.05) is 24.5 Å². The number of hydrogen-bond acceptors (Lipinski definition) is 5. The van der Waals surface area contributed by atoms with E-state index in [-0.39, 0.29) is 29.0 Å². The van der Waals surface area contributed by atoms with Crippen LogP contribution in [0.1, 0.15) is 46.5 Å². The summed E-state index contributed by atoms with van der Waals surface area (Å²) in [5, 5.41) is 3.96. The van der Waals surface area contributed by atoms with Gasteiger partial charge in [-0.1, -0.05) is 53.2 Å². The number of aryl methyl sites for hydroxylation is 3. The van der Waals surface area contributed by atoms with Crippen LogP contribution in [-0.4, -0.2) is 43.4 Å². The molecule has 188 valence electrons. The van der Waals surface area contributed by atoms with Crippen molar-refractivity contribution in [1.82, 2.24) is 9.46 Å². The Hall–Kier alpha value is -3.23. The van der Waals surface area contributed by atoms with Crippen molar-refractivity contribution >= 4 is 33.8 Å². The molecule has 5 rings (SSSR count). The SMILES string of the molecule is Cc1ccc(C)c(C=Cc2onc(C)c2S(=O)(=O)N2CCCC(C(=O)N3CCc4ccccc43)C2)c1. The van der Waals surface area contributed by atoms with Crippen LogP contribution < -0.4 is 4.90 Å². The van der Waals surface area contributed by atoms with Crippen LogP contribution in [0.5, 0.6) is 0 Å². The quantitative estimate of drug-likeness (QED) is 0.499. The van der Waals surface area contributed by atoms with E-state index in [0.717, 1.165) is 34.4 Å². The van der Waals surface area contributed by atoms with E-state index in [1.54, 1.807) is 13.0 Å². The minimum atomic E-state index is -3.90. The number of nitrogens with zero attached hydrogens (tertiary/aromatic N) is 3. The Labute approximate surface area is 212 Å². The first kappa shape index (κ1) is 24.5. The molecule has 2 aliphatic rings. The van der Waals surface area contributed by atoms with Crippen molar-refractivity contribution in [3.63, 3.8) is 0 Å². The summed E-state index contributed by atoms with van der Waals surface area (Å²) in [7, 11) is -3.90. The van der Waals surface area contributed by atoms with E-state index in [2.05, 4.69) is 5.16 Å². The van der Waals surface area contributed by atoms with E-state index >= 15 is 0 Å². The average Bonchev–Trinajstić information content (AvgIpc) is 3.48. The lowest BCUT2D eigenvalue weighted by Gasteiger charge is -2.33. The Kier molecular flexibility index (Phi) is 6.57. The van der Waals surface area contributed by atoms with Crippen molar-refractivity contribution in [3.05, 3.63) is 76.2 Å². The number of anilines is 1. The van der Waals surface area contributed by atoms with E-state index in [1.165, 1.54) is 4.31 Å². The number of carbonyl (C=O) groups is 1. The van der Waals surface area contributed by atoms with Crippen molar-refractivity contribution in [2.24, 2.45) is 5.92 Å². The van der Waals surface area contributed by atoms with Crippen LogP contribution in [0.15, 0.2) is 51.9 Å². The molecular weight excluding hydrogens is 474 g/mol. The number of fused-ring (bicyclic) bond motifs is 1. The molecule has 1 saturated heterocycles. The minimum Gasteiger partial charge on any atom is -0.355 e. The second-order valence-corrected chi connectivity index (χ2v) is 11.6. The normalized spacial score (nSPS) is 18.6. The molecule has 0 N–H and O–H groups in total. The lowest BCUT2D eigenvalue weighted by molar-refractivity contribution is -0.123. The molecule has 1 fully saturated rings. The van der Waals surface area contributed by atoms with Crippen molar-refractivity contribution in [2.45, 2.75) is 44.9 Å². The number of benzene rings is 2. The molecule has 0 radical (unpaired) electrons. The summed E-state index contributed by atoms with van der Waals surface area (Å²) in [6.07, 6.45) is 5.65. The van der Waals surface area contributed by atoms with Gasteiger partial charge in [0.25, 0.3) is 0 Å². The zero-order valence-electron chi connectivity index (χ0n) is 20.9.